The molecule has 2 atom stereocenters. The third-order valence-electron chi connectivity index (χ3n) is 7.97. The standard InChI is InChI=1S/C30H30ClF3N6O4/c1-2-24(41)37-19-5-3-4-17(12-19)21-13-18(31)6-7-20(21)26(30(32,33)34)44-25-14-23(38-28(35)39-25)40-10-8-29(9-11-40)15-22(27(42)43)36-16-29/h2-7,12-14,22,26,36H,1,8-11,15-16H2,(H,37,41)(H,42,43)(H2,35,38,39). The molecule has 3 heterocycles. The van der Waals surface area contributed by atoms with E-state index in [4.69, 9.17) is 22.1 Å². The van der Waals surface area contributed by atoms with Gasteiger partial charge in [0.15, 0.2) is 0 Å². The number of ether oxygens (including phenoxy) is 1. The molecule has 10 nitrogen and oxygen atoms in total. The predicted molar refractivity (Wildman–Crippen MR) is 160 cm³/mol. The van der Waals surface area contributed by atoms with E-state index in [1.165, 1.54) is 30.3 Å². The Hall–Kier alpha value is -4.36. The van der Waals surface area contributed by atoms with Crippen LogP contribution in [0.3, 0.4) is 0 Å². The highest BCUT2D eigenvalue weighted by Crippen LogP contribution is 2.43. The van der Waals surface area contributed by atoms with Crippen LogP contribution < -0.4 is 26.0 Å². The summed E-state index contributed by atoms with van der Waals surface area (Å²) in [6, 6.07) is 11.0. The highest BCUT2D eigenvalue weighted by atomic mass is 35.5. The number of anilines is 3. The van der Waals surface area contributed by atoms with Gasteiger partial charge in [0.25, 0.3) is 0 Å². The molecule has 14 heteroatoms. The lowest BCUT2D eigenvalue weighted by molar-refractivity contribution is -0.198. The Balaban J connectivity index is 1.42. The zero-order chi connectivity index (χ0) is 31.6. The summed E-state index contributed by atoms with van der Waals surface area (Å²) < 4.78 is 49.5. The average molecular weight is 631 g/mol. The van der Waals surface area contributed by atoms with Crippen molar-refractivity contribution in [1.29, 1.82) is 0 Å². The number of amides is 1. The number of hydrogen-bond acceptors (Lipinski definition) is 8. The number of hydrogen-bond donors (Lipinski definition) is 4. The predicted octanol–water partition coefficient (Wildman–Crippen LogP) is 5.22. The molecule has 0 radical (unpaired) electrons. The molecule has 3 aromatic rings. The lowest BCUT2D eigenvalue weighted by Gasteiger charge is -2.39. The monoisotopic (exact) mass is 630 g/mol. The molecule has 2 aromatic carbocycles. The maximum absolute atomic E-state index is 14.6. The van der Waals surface area contributed by atoms with E-state index >= 15 is 0 Å². The van der Waals surface area contributed by atoms with Gasteiger partial charge in [0.1, 0.15) is 11.9 Å². The van der Waals surface area contributed by atoms with Gasteiger partial charge in [0.2, 0.25) is 23.8 Å². The molecule has 2 unspecified atom stereocenters. The number of nitrogen functional groups attached to an aromatic ring is 1. The first-order valence-electron chi connectivity index (χ1n) is 13.8. The molecule has 0 saturated carbocycles. The summed E-state index contributed by atoms with van der Waals surface area (Å²) in [5.74, 6) is -1.67. The van der Waals surface area contributed by atoms with Crippen molar-refractivity contribution in [3.05, 3.63) is 71.8 Å². The number of nitrogens with one attached hydrogen (secondary N) is 2. The van der Waals surface area contributed by atoms with Gasteiger partial charge in [0, 0.05) is 42.0 Å². The van der Waals surface area contributed by atoms with Gasteiger partial charge >= 0.3 is 12.1 Å². The molecule has 232 valence electrons. The summed E-state index contributed by atoms with van der Waals surface area (Å²) in [4.78, 5) is 33.3. The van der Waals surface area contributed by atoms with Crippen molar-refractivity contribution < 1.29 is 32.6 Å². The average Bonchev–Trinajstić information content (AvgIpc) is 3.39. The number of benzene rings is 2. The van der Waals surface area contributed by atoms with Crippen LogP contribution in [0.15, 0.2) is 61.2 Å². The molecule has 0 aliphatic carbocycles. The summed E-state index contributed by atoms with van der Waals surface area (Å²) in [6.07, 6.45) is -4.38. The number of aliphatic carboxylic acids is 1. The molecular formula is C30H30ClF3N6O4. The van der Waals surface area contributed by atoms with Gasteiger partial charge in [-0.2, -0.15) is 23.1 Å². The van der Waals surface area contributed by atoms with Crippen molar-refractivity contribution in [2.75, 3.05) is 35.6 Å². The molecule has 2 fully saturated rings. The number of rotatable bonds is 8. The van der Waals surface area contributed by atoms with Gasteiger partial charge in [-0.05, 0) is 66.1 Å². The van der Waals surface area contributed by atoms with Crippen LogP contribution in [0.1, 0.15) is 30.9 Å². The van der Waals surface area contributed by atoms with Crippen LogP contribution in [0.4, 0.5) is 30.6 Å². The summed E-state index contributed by atoms with van der Waals surface area (Å²) in [6.45, 7) is 5.00. The van der Waals surface area contributed by atoms with E-state index in [1.807, 2.05) is 4.90 Å². The smallest absolute Gasteiger partial charge is 0.429 e. The molecule has 44 heavy (non-hydrogen) atoms. The number of alkyl halides is 3. The first-order chi connectivity index (χ1) is 20.9. The molecule has 5 N–H and O–H groups in total. The van der Waals surface area contributed by atoms with E-state index in [0.717, 1.165) is 6.08 Å². The Morgan fingerprint density at radius 1 is 1.20 bits per heavy atom. The molecular weight excluding hydrogens is 601 g/mol. The van der Waals surface area contributed by atoms with E-state index in [9.17, 15) is 27.9 Å². The zero-order valence-electron chi connectivity index (χ0n) is 23.4. The van der Waals surface area contributed by atoms with Crippen molar-refractivity contribution >= 4 is 40.9 Å². The van der Waals surface area contributed by atoms with Gasteiger partial charge in [-0.15, -0.1) is 0 Å². The molecule has 2 aliphatic rings. The lowest BCUT2D eigenvalue weighted by atomic mass is 9.76. The molecule has 1 spiro atoms. The highest BCUT2D eigenvalue weighted by Gasteiger charge is 2.46. The highest BCUT2D eigenvalue weighted by molar-refractivity contribution is 6.30. The number of carboxylic acids is 1. The van der Waals surface area contributed by atoms with Gasteiger partial charge < -0.3 is 31.1 Å². The zero-order valence-corrected chi connectivity index (χ0v) is 24.2. The molecule has 1 aromatic heterocycles. The summed E-state index contributed by atoms with van der Waals surface area (Å²) >= 11 is 6.21. The van der Waals surface area contributed by atoms with E-state index in [2.05, 4.69) is 27.2 Å². The number of halogens is 4. The second kappa shape index (κ2) is 12.3. The maximum Gasteiger partial charge on any atom is 0.429 e. The van der Waals surface area contributed by atoms with Crippen LogP contribution in [-0.4, -0.2) is 58.8 Å². The van der Waals surface area contributed by atoms with Crippen molar-refractivity contribution in [2.45, 2.75) is 37.6 Å². The van der Waals surface area contributed by atoms with Crippen LogP contribution >= 0.6 is 11.6 Å². The molecule has 5 rings (SSSR count). The molecule has 0 bridgehead atoms. The minimum Gasteiger partial charge on any atom is -0.480 e. The van der Waals surface area contributed by atoms with Gasteiger partial charge in [-0.25, -0.2) is 0 Å². The topological polar surface area (TPSA) is 143 Å². The van der Waals surface area contributed by atoms with E-state index in [1.54, 1.807) is 18.2 Å². The number of aromatic nitrogens is 2. The normalized spacial score (nSPS) is 18.5. The summed E-state index contributed by atoms with van der Waals surface area (Å²) in [5, 5.41) is 15.2. The summed E-state index contributed by atoms with van der Waals surface area (Å²) in [5.41, 5.74) is 6.38. The minimum atomic E-state index is -4.87. The Kier molecular flexibility index (Phi) is 8.71. The maximum atomic E-state index is 14.6. The van der Waals surface area contributed by atoms with Crippen LogP contribution in [0.5, 0.6) is 5.88 Å². The third-order valence-corrected chi connectivity index (χ3v) is 8.21. The van der Waals surface area contributed by atoms with E-state index < -0.39 is 30.2 Å². The number of carboxylic acid groups (broad SMARTS) is 1. The quantitative estimate of drug-likeness (QED) is 0.246. The number of nitrogens with zero attached hydrogens (tertiary/aromatic N) is 3. The fourth-order valence-electron chi connectivity index (χ4n) is 5.73. The number of piperidine rings is 1. The number of nitrogens with two attached hydrogens (primary N) is 1. The Morgan fingerprint density at radius 3 is 2.61 bits per heavy atom. The van der Waals surface area contributed by atoms with Gasteiger partial charge in [-0.1, -0.05) is 36.4 Å². The Morgan fingerprint density at radius 2 is 1.95 bits per heavy atom. The molecule has 1 amide bonds. The second-order valence-electron chi connectivity index (χ2n) is 10.9. The lowest BCUT2D eigenvalue weighted by Crippen LogP contribution is -2.41. The van der Waals surface area contributed by atoms with Crippen molar-refractivity contribution in [3.63, 3.8) is 0 Å². The van der Waals surface area contributed by atoms with Gasteiger partial charge in [0.05, 0.1) is 0 Å². The third kappa shape index (κ3) is 6.89. The van der Waals surface area contributed by atoms with Crippen LogP contribution in [-0.2, 0) is 9.59 Å². The first kappa shape index (κ1) is 31.1. The largest absolute Gasteiger partial charge is 0.480 e. The minimum absolute atomic E-state index is 0.142. The Bertz CT molecular complexity index is 1580. The van der Waals surface area contributed by atoms with Crippen molar-refractivity contribution in [2.24, 2.45) is 5.41 Å². The second-order valence-corrected chi connectivity index (χ2v) is 11.4. The molecule has 2 aliphatic heterocycles. The first-order valence-corrected chi connectivity index (χ1v) is 14.2. The van der Waals surface area contributed by atoms with Crippen LogP contribution in [0.2, 0.25) is 5.02 Å². The van der Waals surface area contributed by atoms with E-state index in [-0.39, 0.29) is 33.4 Å². The number of carbonyl (C=O) groups is 2. The fraction of sp³-hybridized carbons (Fsp3) is 0.333. The fourth-order valence-corrected chi connectivity index (χ4v) is 5.90. The van der Waals surface area contributed by atoms with Crippen molar-refractivity contribution in [1.82, 2.24) is 15.3 Å². The van der Waals surface area contributed by atoms with E-state index in [0.29, 0.717) is 56.0 Å². The van der Waals surface area contributed by atoms with Crippen molar-refractivity contribution in [3.8, 4) is 17.0 Å². The number of carbonyl (C=O) groups excluding carboxylic acids is 1. The van der Waals surface area contributed by atoms with Crippen LogP contribution in [0.25, 0.3) is 11.1 Å². The Labute approximate surface area is 256 Å². The summed E-state index contributed by atoms with van der Waals surface area (Å²) in [7, 11) is 0. The van der Waals surface area contributed by atoms with Gasteiger partial charge in [-0.3, -0.25) is 9.59 Å². The van der Waals surface area contributed by atoms with Crippen LogP contribution in [0, 0.1) is 5.41 Å². The molecule has 2 saturated heterocycles. The SMILES string of the molecule is C=CC(=O)Nc1cccc(-c2cc(Cl)ccc2C(Oc2cc(N3CCC4(CC3)CNC(C(=O)O)C4)nc(N)n2)C(F)(F)F)c1.